The number of hydrogen-bond acceptors (Lipinski definition) is 4. The second kappa shape index (κ2) is 5.81. The number of esters is 2. The molecule has 2 aliphatic carbocycles. The van der Waals surface area contributed by atoms with E-state index in [4.69, 9.17) is 9.47 Å². The Labute approximate surface area is 119 Å². The molecule has 2 aliphatic rings. The Hall–Kier alpha value is -1.58. The molecule has 0 heterocycles. The lowest BCUT2D eigenvalue weighted by molar-refractivity contribution is -0.173. The molecule has 3 unspecified atom stereocenters. The van der Waals surface area contributed by atoms with Gasteiger partial charge in [-0.1, -0.05) is 12.7 Å². The van der Waals surface area contributed by atoms with E-state index in [1.165, 1.54) is 6.42 Å². The molecule has 0 N–H and O–H groups in total. The monoisotopic (exact) mass is 278 g/mol. The van der Waals surface area contributed by atoms with Gasteiger partial charge in [0.2, 0.25) is 0 Å². The van der Waals surface area contributed by atoms with Crippen LogP contribution in [-0.2, 0) is 19.1 Å². The van der Waals surface area contributed by atoms with Gasteiger partial charge in [-0.3, -0.25) is 0 Å². The van der Waals surface area contributed by atoms with Crippen LogP contribution in [0.25, 0.3) is 0 Å². The molecule has 4 heteroatoms. The number of fused-ring (bicyclic) bond motifs is 2. The molecule has 0 amide bonds. The van der Waals surface area contributed by atoms with E-state index < -0.39 is 17.5 Å². The number of carbonyl (C=O) groups is 2. The normalized spacial score (nSPS) is 30.9. The topological polar surface area (TPSA) is 52.6 Å². The Morgan fingerprint density at radius 3 is 2.65 bits per heavy atom. The lowest BCUT2D eigenvalue weighted by Gasteiger charge is -2.36. The number of hydrogen-bond donors (Lipinski definition) is 0. The van der Waals surface area contributed by atoms with Crippen molar-refractivity contribution in [3.8, 4) is 0 Å². The third kappa shape index (κ3) is 2.94. The van der Waals surface area contributed by atoms with Gasteiger partial charge in [0, 0.05) is 12.0 Å². The van der Waals surface area contributed by atoms with Crippen molar-refractivity contribution in [3.63, 3.8) is 0 Å². The van der Waals surface area contributed by atoms with Crippen LogP contribution in [0.2, 0.25) is 0 Å². The van der Waals surface area contributed by atoms with Gasteiger partial charge in [-0.2, -0.15) is 0 Å². The first-order valence-corrected chi connectivity index (χ1v) is 7.12. The van der Waals surface area contributed by atoms with E-state index in [9.17, 15) is 9.59 Å². The average Bonchev–Trinajstić information content (AvgIpc) is 2.96. The predicted octanol–water partition coefficient (Wildman–Crippen LogP) is 2.78. The van der Waals surface area contributed by atoms with E-state index in [1.807, 2.05) is 6.08 Å². The smallest absolute Gasteiger partial charge is 0.344 e. The van der Waals surface area contributed by atoms with Gasteiger partial charge in [0.25, 0.3) is 0 Å². The quantitative estimate of drug-likeness (QED) is 0.426. The maximum absolute atomic E-state index is 11.9. The highest BCUT2D eigenvalue weighted by atomic mass is 16.6. The van der Waals surface area contributed by atoms with E-state index in [2.05, 4.69) is 13.2 Å². The highest BCUT2D eigenvalue weighted by Gasteiger charge is 2.52. The molecule has 20 heavy (non-hydrogen) atoms. The summed E-state index contributed by atoms with van der Waals surface area (Å²) in [6, 6.07) is 0. The molecule has 4 nitrogen and oxygen atoms in total. The van der Waals surface area contributed by atoms with E-state index >= 15 is 0 Å². The predicted molar refractivity (Wildman–Crippen MR) is 74.9 cm³/mol. The van der Waals surface area contributed by atoms with Crippen LogP contribution >= 0.6 is 0 Å². The van der Waals surface area contributed by atoms with Gasteiger partial charge < -0.3 is 9.47 Å². The van der Waals surface area contributed by atoms with Crippen LogP contribution in [0.15, 0.2) is 24.8 Å². The minimum Gasteiger partial charge on any atom is -0.456 e. The maximum Gasteiger partial charge on any atom is 0.344 e. The fraction of sp³-hybridized carbons (Fsp3) is 0.625. The highest BCUT2D eigenvalue weighted by Crippen LogP contribution is 2.54. The van der Waals surface area contributed by atoms with Crippen LogP contribution in [-0.4, -0.2) is 24.1 Å². The van der Waals surface area contributed by atoms with Gasteiger partial charge in [-0.15, -0.1) is 6.58 Å². The van der Waals surface area contributed by atoms with Crippen molar-refractivity contribution in [1.82, 2.24) is 0 Å². The van der Waals surface area contributed by atoms with Gasteiger partial charge in [0.05, 0.1) is 0 Å². The number of ether oxygens (including phenoxy) is 2. The van der Waals surface area contributed by atoms with E-state index in [1.54, 1.807) is 6.92 Å². The fourth-order valence-corrected chi connectivity index (χ4v) is 3.56. The second-order valence-electron chi connectivity index (χ2n) is 5.97. The van der Waals surface area contributed by atoms with Crippen molar-refractivity contribution in [2.24, 2.45) is 11.8 Å². The molecule has 2 bridgehead atoms. The molecule has 0 aromatic rings. The molecule has 0 aromatic carbocycles. The first-order valence-electron chi connectivity index (χ1n) is 7.12. The molecule has 0 radical (unpaired) electrons. The molecular weight excluding hydrogens is 256 g/mol. The van der Waals surface area contributed by atoms with Gasteiger partial charge in [0.1, 0.15) is 5.60 Å². The van der Waals surface area contributed by atoms with Crippen LogP contribution < -0.4 is 0 Å². The summed E-state index contributed by atoms with van der Waals surface area (Å²) in [5.41, 5.74) is -0.143. The standard InChI is InChI=1S/C16H22O4/c1-4-7-16(9-12-5-6-13(16)8-12)20-14(17)10-19-15(18)11(2)3/h4,12-13H,1-2,5-10H2,3H3. The molecule has 0 aliphatic heterocycles. The summed E-state index contributed by atoms with van der Waals surface area (Å²) in [5.74, 6) is 0.0404. The third-order valence-electron chi connectivity index (χ3n) is 4.40. The SMILES string of the molecule is C=CCC1(OC(=O)COC(=O)C(=C)C)CC2CCC1C2. The minimum absolute atomic E-state index is 0.276. The molecule has 0 spiro atoms. The molecule has 2 saturated carbocycles. The lowest BCUT2D eigenvalue weighted by Crippen LogP contribution is -2.41. The fourth-order valence-electron chi connectivity index (χ4n) is 3.56. The Balaban J connectivity index is 1.92. The van der Waals surface area contributed by atoms with E-state index in [0.717, 1.165) is 19.3 Å². The third-order valence-corrected chi connectivity index (χ3v) is 4.40. The van der Waals surface area contributed by atoms with Crippen molar-refractivity contribution >= 4 is 11.9 Å². The molecular formula is C16H22O4. The van der Waals surface area contributed by atoms with Gasteiger partial charge in [0.15, 0.2) is 6.61 Å². The summed E-state index contributed by atoms with van der Waals surface area (Å²) in [7, 11) is 0. The van der Waals surface area contributed by atoms with Crippen LogP contribution in [0.4, 0.5) is 0 Å². The first-order chi connectivity index (χ1) is 9.47. The number of carbonyl (C=O) groups excluding carboxylic acids is 2. The zero-order valence-corrected chi connectivity index (χ0v) is 12.0. The van der Waals surface area contributed by atoms with E-state index in [0.29, 0.717) is 18.3 Å². The number of rotatable bonds is 6. The second-order valence-corrected chi connectivity index (χ2v) is 5.97. The summed E-state index contributed by atoms with van der Waals surface area (Å²) in [5, 5.41) is 0. The zero-order chi connectivity index (χ0) is 14.8. The van der Waals surface area contributed by atoms with Crippen molar-refractivity contribution in [2.45, 2.75) is 44.6 Å². The Kier molecular flexibility index (Phi) is 4.31. The van der Waals surface area contributed by atoms with Crippen molar-refractivity contribution in [3.05, 3.63) is 24.8 Å². The average molecular weight is 278 g/mol. The van der Waals surface area contributed by atoms with Gasteiger partial charge in [-0.05, 0) is 44.4 Å². The lowest BCUT2D eigenvalue weighted by atomic mass is 9.81. The van der Waals surface area contributed by atoms with E-state index in [-0.39, 0.29) is 12.2 Å². The molecule has 3 atom stereocenters. The summed E-state index contributed by atoms with van der Waals surface area (Å²) in [6.07, 6.45) is 6.86. The Morgan fingerprint density at radius 2 is 2.15 bits per heavy atom. The largest absolute Gasteiger partial charge is 0.456 e. The van der Waals surface area contributed by atoms with Crippen LogP contribution in [0.1, 0.15) is 39.0 Å². The van der Waals surface area contributed by atoms with Crippen molar-refractivity contribution in [2.75, 3.05) is 6.61 Å². The Bertz CT molecular complexity index is 440. The summed E-state index contributed by atoms with van der Waals surface area (Å²) >= 11 is 0. The minimum atomic E-state index is -0.562. The molecule has 2 rings (SSSR count). The summed E-state index contributed by atoms with van der Waals surface area (Å²) < 4.78 is 10.5. The van der Waals surface area contributed by atoms with Gasteiger partial charge in [-0.25, -0.2) is 9.59 Å². The highest BCUT2D eigenvalue weighted by molar-refractivity contribution is 5.88. The first kappa shape index (κ1) is 14.8. The van der Waals surface area contributed by atoms with Crippen molar-refractivity contribution in [1.29, 1.82) is 0 Å². The molecule has 0 saturated heterocycles. The molecule has 110 valence electrons. The van der Waals surface area contributed by atoms with Crippen LogP contribution in [0.5, 0.6) is 0 Å². The summed E-state index contributed by atoms with van der Waals surface area (Å²) in [6.45, 7) is 8.44. The molecule has 0 aromatic heterocycles. The zero-order valence-electron chi connectivity index (χ0n) is 12.0. The van der Waals surface area contributed by atoms with Crippen molar-refractivity contribution < 1.29 is 19.1 Å². The summed E-state index contributed by atoms with van der Waals surface area (Å²) in [4.78, 5) is 23.2. The van der Waals surface area contributed by atoms with Crippen LogP contribution in [0, 0.1) is 11.8 Å². The van der Waals surface area contributed by atoms with Crippen LogP contribution in [0.3, 0.4) is 0 Å². The maximum atomic E-state index is 11.9. The molecule has 2 fully saturated rings. The Morgan fingerprint density at radius 1 is 1.40 bits per heavy atom. The van der Waals surface area contributed by atoms with Gasteiger partial charge >= 0.3 is 11.9 Å².